The Bertz CT molecular complexity index is 971. The maximum Gasteiger partial charge on any atom is 0.266 e. The van der Waals surface area contributed by atoms with Crippen LogP contribution in [0.2, 0.25) is 0 Å². The summed E-state index contributed by atoms with van der Waals surface area (Å²) in [5.74, 6) is 0.220. The molecule has 0 bridgehead atoms. The third kappa shape index (κ3) is 3.91. The van der Waals surface area contributed by atoms with E-state index in [1.807, 2.05) is 17.9 Å². The van der Waals surface area contributed by atoms with E-state index in [1.165, 1.54) is 23.5 Å². The normalized spacial score (nSPS) is 16.5. The second-order valence-corrected chi connectivity index (χ2v) is 7.65. The number of aryl methyl sites for hydroxylation is 1. The largest absolute Gasteiger partial charge is 0.493 e. The van der Waals surface area contributed by atoms with Gasteiger partial charge in [0.15, 0.2) is 0 Å². The van der Waals surface area contributed by atoms with Crippen molar-refractivity contribution in [3.8, 4) is 5.75 Å². The lowest BCUT2D eigenvalue weighted by Gasteiger charge is -2.22. The Morgan fingerprint density at radius 3 is 3.11 bits per heavy atom. The van der Waals surface area contributed by atoms with Crippen LogP contribution < -0.4 is 4.74 Å². The van der Waals surface area contributed by atoms with Gasteiger partial charge in [0.25, 0.3) is 5.91 Å². The highest BCUT2D eigenvalue weighted by Gasteiger charge is 2.33. The summed E-state index contributed by atoms with van der Waals surface area (Å²) in [7, 11) is 0. The van der Waals surface area contributed by atoms with Gasteiger partial charge in [0.05, 0.1) is 29.5 Å². The summed E-state index contributed by atoms with van der Waals surface area (Å²) >= 11 is 1.38. The van der Waals surface area contributed by atoms with E-state index in [4.69, 9.17) is 4.74 Å². The second-order valence-electron chi connectivity index (χ2n) is 6.80. The quantitative estimate of drug-likeness (QED) is 0.681. The van der Waals surface area contributed by atoms with Crippen LogP contribution in [0.3, 0.4) is 0 Å². The fourth-order valence-corrected chi connectivity index (χ4v) is 4.23. The van der Waals surface area contributed by atoms with Gasteiger partial charge in [-0.3, -0.25) is 9.89 Å². The number of thiazole rings is 1. The average molecular weight is 400 g/mol. The molecule has 0 saturated carbocycles. The smallest absolute Gasteiger partial charge is 0.266 e. The number of hydrogen-bond donors (Lipinski definition) is 1. The number of hydrogen-bond acceptors (Lipinski definition) is 5. The van der Waals surface area contributed by atoms with Crippen LogP contribution in [-0.4, -0.2) is 39.1 Å². The van der Waals surface area contributed by atoms with Gasteiger partial charge in [0.1, 0.15) is 16.4 Å². The van der Waals surface area contributed by atoms with Gasteiger partial charge in [-0.15, -0.1) is 11.3 Å². The number of likely N-dealkylation sites (tertiary alicyclic amines) is 1. The number of ether oxygens (including phenoxy) is 1. The van der Waals surface area contributed by atoms with E-state index in [-0.39, 0.29) is 17.8 Å². The first-order chi connectivity index (χ1) is 13.6. The molecule has 8 heteroatoms. The molecule has 0 spiro atoms. The van der Waals surface area contributed by atoms with Crippen LogP contribution >= 0.6 is 11.3 Å². The van der Waals surface area contributed by atoms with Gasteiger partial charge < -0.3 is 9.64 Å². The number of aromatic nitrogens is 3. The molecule has 28 heavy (non-hydrogen) atoms. The van der Waals surface area contributed by atoms with E-state index in [9.17, 15) is 9.18 Å². The number of rotatable bonds is 6. The maximum absolute atomic E-state index is 13.2. The van der Waals surface area contributed by atoms with Gasteiger partial charge in [-0.1, -0.05) is 6.07 Å². The summed E-state index contributed by atoms with van der Waals surface area (Å²) in [6, 6.07) is 8.06. The number of aromatic amines is 1. The molecule has 0 aliphatic carbocycles. The van der Waals surface area contributed by atoms with Crippen molar-refractivity contribution < 1.29 is 13.9 Å². The van der Waals surface area contributed by atoms with Crippen molar-refractivity contribution in [1.29, 1.82) is 0 Å². The van der Waals surface area contributed by atoms with Gasteiger partial charge in [0, 0.05) is 24.7 Å². The number of benzene rings is 1. The SMILES string of the molecule is Cc1ncsc1C(=O)N1CCCC1c1cc(CCOc2cccc(F)c2)[nH]n1. The lowest BCUT2D eigenvalue weighted by atomic mass is 10.1. The molecule has 1 N–H and O–H groups in total. The number of H-pyrrole nitrogens is 1. The summed E-state index contributed by atoms with van der Waals surface area (Å²) in [6.07, 6.45) is 2.48. The predicted octanol–water partition coefficient (Wildman–Crippen LogP) is 3.91. The Labute approximate surface area is 166 Å². The lowest BCUT2D eigenvalue weighted by Crippen LogP contribution is -2.30. The highest BCUT2D eigenvalue weighted by molar-refractivity contribution is 7.11. The Morgan fingerprint density at radius 2 is 2.32 bits per heavy atom. The van der Waals surface area contributed by atoms with Crippen LogP contribution in [0.1, 0.15) is 45.6 Å². The number of nitrogens with one attached hydrogen (secondary N) is 1. The van der Waals surface area contributed by atoms with E-state index in [2.05, 4.69) is 15.2 Å². The maximum atomic E-state index is 13.2. The van der Waals surface area contributed by atoms with E-state index >= 15 is 0 Å². The van der Waals surface area contributed by atoms with Crippen molar-refractivity contribution in [3.63, 3.8) is 0 Å². The summed E-state index contributed by atoms with van der Waals surface area (Å²) in [5.41, 5.74) is 4.28. The van der Waals surface area contributed by atoms with E-state index < -0.39 is 0 Å². The van der Waals surface area contributed by atoms with Crippen molar-refractivity contribution >= 4 is 17.2 Å². The molecule has 3 heterocycles. The Kier molecular flexibility index (Phi) is 5.38. The first-order valence-corrected chi connectivity index (χ1v) is 10.1. The first kappa shape index (κ1) is 18.6. The summed E-state index contributed by atoms with van der Waals surface area (Å²) < 4.78 is 18.8. The molecule has 1 saturated heterocycles. The van der Waals surface area contributed by atoms with Crippen molar-refractivity contribution in [2.45, 2.75) is 32.2 Å². The van der Waals surface area contributed by atoms with Crippen LogP contribution in [0, 0.1) is 12.7 Å². The molecule has 6 nitrogen and oxygen atoms in total. The number of halogens is 1. The first-order valence-electron chi connectivity index (χ1n) is 9.25. The Balaban J connectivity index is 1.39. The zero-order valence-corrected chi connectivity index (χ0v) is 16.3. The molecule has 1 aliphatic rings. The van der Waals surface area contributed by atoms with Gasteiger partial charge >= 0.3 is 0 Å². The highest BCUT2D eigenvalue weighted by Crippen LogP contribution is 2.33. The van der Waals surface area contributed by atoms with Crippen molar-refractivity contribution in [1.82, 2.24) is 20.1 Å². The summed E-state index contributed by atoms with van der Waals surface area (Å²) in [6.45, 7) is 3.00. The van der Waals surface area contributed by atoms with Crippen LogP contribution in [0.15, 0.2) is 35.8 Å². The van der Waals surface area contributed by atoms with Gasteiger partial charge in [-0.25, -0.2) is 9.37 Å². The van der Waals surface area contributed by atoms with Crippen LogP contribution in [0.4, 0.5) is 4.39 Å². The number of nitrogens with zero attached hydrogens (tertiary/aromatic N) is 3. The molecule has 0 radical (unpaired) electrons. The summed E-state index contributed by atoms with van der Waals surface area (Å²) in [5, 5.41) is 7.46. The fourth-order valence-electron chi connectivity index (χ4n) is 3.47. The van der Waals surface area contributed by atoms with E-state index in [1.54, 1.807) is 17.6 Å². The third-order valence-electron chi connectivity index (χ3n) is 4.88. The molecule has 146 valence electrons. The molecule has 4 rings (SSSR count). The van der Waals surface area contributed by atoms with Gasteiger partial charge in [-0.05, 0) is 38.0 Å². The lowest BCUT2D eigenvalue weighted by molar-refractivity contribution is 0.0737. The molecule has 1 fully saturated rings. The van der Waals surface area contributed by atoms with Crippen LogP contribution in [0.25, 0.3) is 0 Å². The number of carbonyl (C=O) groups is 1. The molecular formula is C20H21FN4O2S. The highest BCUT2D eigenvalue weighted by atomic mass is 32.1. The Morgan fingerprint density at radius 1 is 1.43 bits per heavy atom. The van der Waals surface area contributed by atoms with Gasteiger partial charge in [-0.2, -0.15) is 5.10 Å². The molecule has 1 aromatic carbocycles. The van der Waals surface area contributed by atoms with Crippen molar-refractivity contribution in [2.75, 3.05) is 13.2 Å². The molecule has 1 atom stereocenters. The van der Waals surface area contributed by atoms with Crippen molar-refractivity contribution in [3.05, 3.63) is 63.6 Å². The number of carbonyl (C=O) groups excluding carboxylic acids is 1. The summed E-state index contributed by atoms with van der Waals surface area (Å²) in [4.78, 5) is 19.7. The monoisotopic (exact) mass is 400 g/mol. The molecular weight excluding hydrogens is 379 g/mol. The molecule has 1 aliphatic heterocycles. The zero-order valence-electron chi connectivity index (χ0n) is 15.5. The van der Waals surface area contributed by atoms with Crippen molar-refractivity contribution in [2.24, 2.45) is 0 Å². The second kappa shape index (κ2) is 8.10. The minimum Gasteiger partial charge on any atom is -0.493 e. The minimum absolute atomic E-state index is 0.0249. The standard InChI is InChI=1S/C20H21FN4O2S/c1-13-19(28-12-22-13)20(26)25-8-3-6-18(25)17-11-15(23-24-17)7-9-27-16-5-2-4-14(21)10-16/h2,4-5,10-12,18H,3,6-9H2,1H3,(H,23,24). The third-order valence-corrected chi connectivity index (χ3v) is 5.80. The fraction of sp³-hybridized carbons (Fsp3) is 0.350. The van der Waals surface area contributed by atoms with E-state index in [0.29, 0.717) is 23.7 Å². The average Bonchev–Trinajstić information content (AvgIpc) is 3.41. The van der Waals surface area contributed by atoms with Crippen LogP contribution in [-0.2, 0) is 6.42 Å². The zero-order chi connectivity index (χ0) is 19.5. The van der Waals surface area contributed by atoms with Crippen LogP contribution in [0.5, 0.6) is 5.75 Å². The number of amides is 1. The van der Waals surface area contributed by atoms with Gasteiger partial charge in [0.2, 0.25) is 0 Å². The van der Waals surface area contributed by atoms with E-state index in [0.717, 1.165) is 36.5 Å². The molecule has 1 unspecified atom stereocenters. The molecule has 3 aromatic rings. The topological polar surface area (TPSA) is 71.1 Å². The molecule has 2 aromatic heterocycles. The Hall–Kier alpha value is -2.74. The predicted molar refractivity (Wildman–Crippen MR) is 104 cm³/mol. The minimum atomic E-state index is -0.316. The molecule has 1 amide bonds.